The van der Waals surface area contributed by atoms with Crippen molar-refractivity contribution in [2.24, 2.45) is 0 Å². The average molecular weight is 267 g/mol. The summed E-state index contributed by atoms with van der Waals surface area (Å²) in [5.41, 5.74) is -3.06. The molecule has 1 unspecified atom stereocenters. The van der Waals surface area contributed by atoms with Gasteiger partial charge in [0, 0.05) is 6.42 Å². The van der Waals surface area contributed by atoms with Gasteiger partial charge >= 0.3 is 12.1 Å². The van der Waals surface area contributed by atoms with Gasteiger partial charge in [-0.15, -0.1) is 0 Å². The van der Waals surface area contributed by atoms with Gasteiger partial charge in [0.05, 0.1) is 6.54 Å². The summed E-state index contributed by atoms with van der Waals surface area (Å²) in [5.74, 6) is -1.77. The number of carboxylic acids is 1. The molecule has 0 saturated carbocycles. The average Bonchev–Trinajstić information content (AvgIpc) is 2.71. The Bertz CT molecular complexity index is 432. The van der Waals surface area contributed by atoms with Crippen LogP contribution in [-0.4, -0.2) is 32.9 Å². The summed E-state index contributed by atoms with van der Waals surface area (Å²) in [7, 11) is 0. The first kappa shape index (κ1) is 14.4. The van der Waals surface area contributed by atoms with Crippen molar-refractivity contribution in [1.82, 2.24) is 15.5 Å². The second kappa shape index (κ2) is 4.92. The van der Waals surface area contributed by atoms with Gasteiger partial charge in [-0.3, -0.25) is 5.32 Å². The lowest BCUT2D eigenvalue weighted by Gasteiger charge is -2.28. The minimum Gasteiger partial charge on any atom is -0.480 e. The molecule has 1 aromatic heterocycles. The molecule has 2 N–H and O–H groups in total. The molecule has 9 heteroatoms. The number of alkyl halides is 3. The van der Waals surface area contributed by atoms with E-state index >= 15 is 0 Å². The minimum absolute atomic E-state index is 0.0245. The first-order valence-corrected chi connectivity index (χ1v) is 5.07. The lowest BCUT2D eigenvalue weighted by Crippen LogP contribution is -2.59. The van der Waals surface area contributed by atoms with Crippen molar-refractivity contribution in [3.8, 4) is 0 Å². The molecule has 102 valence electrons. The molecular formula is C9H12F3N3O3. The van der Waals surface area contributed by atoms with E-state index in [0.29, 0.717) is 13.3 Å². The summed E-state index contributed by atoms with van der Waals surface area (Å²) < 4.78 is 42.6. The molecule has 1 atom stereocenters. The molecule has 1 aromatic rings. The van der Waals surface area contributed by atoms with Crippen LogP contribution in [0.3, 0.4) is 0 Å². The SMILES string of the molecule is CCc1nc(CNC(C)(C(=O)O)C(F)(F)F)no1. The van der Waals surface area contributed by atoms with Crippen molar-refractivity contribution in [3.05, 3.63) is 11.7 Å². The van der Waals surface area contributed by atoms with E-state index in [1.165, 1.54) is 0 Å². The molecular weight excluding hydrogens is 255 g/mol. The Kier molecular flexibility index (Phi) is 3.95. The number of carbonyl (C=O) groups is 1. The number of aryl methyl sites for hydroxylation is 1. The van der Waals surface area contributed by atoms with Crippen LogP contribution in [0.1, 0.15) is 25.6 Å². The van der Waals surface area contributed by atoms with Gasteiger partial charge in [-0.2, -0.15) is 18.2 Å². The van der Waals surface area contributed by atoms with Crippen molar-refractivity contribution in [2.75, 3.05) is 0 Å². The van der Waals surface area contributed by atoms with Crippen molar-refractivity contribution < 1.29 is 27.6 Å². The normalized spacial score (nSPS) is 15.4. The Morgan fingerprint density at radius 3 is 2.50 bits per heavy atom. The largest absolute Gasteiger partial charge is 0.480 e. The summed E-state index contributed by atoms with van der Waals surface area (Å²) in [5, 5.41) is 14.0. The second-order valence-electron chi connectivity index (χ2n) is 3.74. The maximum Gasteiger partial charge on any atom is 0.417 e. The number of aliphatic carboxylic acids is 1. The number of hydrogen-bond donors (Lipinski definition) is 2. The van der Waals surface area contributed by atoms with Gasteiger partial charge in [-0.1, -0.05) is 12.1 Å². The van der Waals surface area contributed by atoms with Crippen LogP contribution in [0.25, 0.3) is 0 Å². The topological polar surface area (TPSA) is 88.2 Å². The van der Waals surface area contributed by atoms with Crippen molar-refractivity contribution >= 4 is 5.97 Å². The van der Waals surface area contributed by atoms with Gasteiger partial charge in [-0.25, -0.2) is 4.79 Å². The Labute approximate surface area is 100 Å². The molecule has 0 amide bonds. The smallest absolute Gasteiger partial charge is 0.417 e. The van der Waals surface area contributed by atoms with Crippen LogP contribution < -0.4 is 5.32 Å². The number of hydrogen-bond acceptors (Lipinski definition) is 5. The van der Waals surface area contributed by atoms with Crippen LogP contribution in [0.4, 0.5) is 13.2 Å². The predicted octanol–water partition coefficient (Wildman–Crippen LogP) is 1.13. The van der Waals surface area contributed by atoms with Crippen LogP contribution in [0, 0.1) is 0 Å². The zero-order valence-corrected chi connectivity index (χ0v) is 9.71. The van der Waals surface area contributed by atoms with Crippen LogP contribution in [0.15, 0.2) is 4.52 Å². The standard InChI is InChI=1S/C9H12F3N3O3/c1-3-6-14-5(15-18-6)4-13-8(2,7(16)17)9(10,11)12/h13H,3-4H2,1-2H3,(H,16,17). The zero-order valence-electron chi connectivity index (χ0n) is 9.71. The van der Waals surface area contributed by atoms with E-state index in [2.05, 4.69) is 10.1 Å². The highest BCUT2D eigenvalue weighted by Crippen LogP contribution is 2.30. The van der Waals surface area contributed by atoms with Gasteiger partial charge in [0.25, 0.3) is 0 Å². The lowest BCUT2D eigenvalue weighted by molar-refractivity contribution is -0.206. The molecule has 0 radical (unpaired) electrons. The number of nitrogens with one attached hydrogen (secondary N) is 1. The molecule has 0 fully saturated rings. The molecule has 0 bridgehead atoms. The van der Waals surface area contributed by atoms with E-state index < -0.39 is 24.2 Å². The molecule has 18 heavy (non-hydrogen) atoms. The molecule has 1 heterocycles. The summed E-state index contributed by atoms with van der Waals surface area (Å²) in [6, 6.07) is 0. The van der Waals surface area contributed by atoms with Crippen molar-refractivity contribution in [1.29, 1.82) is 0 Å². The van der Waals surface area contributed by atoms with Gasteiger partial charge in [0.15, 0.2) is 5.82 Å². The van der Waals surface area contributed by atoms with Gasteiger partial charge < -0.3 is 9.63 Å². The third-order valence-corrected chi connectivity index (χ3v) is 2.41. The Morgan fingerprint density at radius 1 is 1.50 bits per heavy atom. The first-order valence-electron chi connectivity index (χ1n) is 5.07. The zero-order chi connectivity index (χ0) is 14.0. The maximum atomic E-state index is 12.6. The predicted molar refractivity (Wildman–Crippen MR) is 52.6 cm³/mol. The van der Waals surface area contributed by atoms with Crippen LogP contribution in [0.5, 0.6) is 0 Å². The maximum absolute atomic E-state index is 12.6. The molecule has 0 aliphatic carbocycles. The summed E-state index contributed by atoms with van der Waals surface area (Å²) in [4.78, 5) is 14.5. The van der Waals surface area contributed by atoms with E-state index in [9.17, 15) is 18.0 Å². The van der Waals surface area contributed by atoms with Gasteiger partial charge in [0.1, 0.15) is 0 Å². The Hall–Kier alpha value is -1.64. The fraction of sp³-hybridized carbons (Fsp3) is 0.667. The Balaban J connectivity index is 2.78. The summed E-state index contributed by atoms with van der Waals surface area (Å²) in [6.45, 7) is 1.82. The van der Waals surface area contributed by atoms with Crippen LogP contribution in [0.2, 0.25) is 0 Å². The van der Waals surface area contributed by atoms with Gasteiger partial charge in [0.2, 0.25) is 11.4 Å². The number of aromatic nitrogens is 2. The van der Waals surface area contributed by atoms with Crippen LogP contribution >= 0.6 is 0 Å². The Morgan fingerprint density at radius 2 is 2.11 bits per heavy atom. The highest BCUT2D eigenvalue weighted by molar-refractivity contribution is 5.79. The molecule has 0 saturated heterocycles. The van der Waals surface area contributed by atoms with Crippen molar-refractivity contribution in [3.63, 3.8) is 0 Å². The lowest BCUT2D eigenvalue weighted by atomic mass is 10.0. The van der Waals surface area contributed by atoms with E-state index in [4.69, 9.17) is 9.63 Å². The number of halogens is 3. The molecule has 0 aliphatic heterocycles. The van der Waals surface area contributed by atoms with Crippen LogP contribution in [-0.2, 0) is 17.8 Å². The quantitative estimate of drug-likeness (QED) is 0.831. The molecule has 6 nitrogen and oxygen atoms in total. The fourth-order valence-corrected chi connectivity index (χ4v) is 1.06. The minimum atomic E-state index is -4.93. The molecule has 0 aromatic carbocycles. The van der Waals surface area contributed by atoms with E-state index in [1.807, 2.05) is 5.32 Å². The molecule has 0 aliphatic rings. The summed E-state index contributed by atoms with van der Waals surface area (Å²) in [6.07, 6.45) is -4.49. The number of carboxylic acid groups (broad SMARTS) is 1. The van der Waals surface area contributed by atoms with E-state index in [-0.39, 0.29) is 11.7 Å². The second-order valence-corrected chi connectivity index (χ2v) is 3.74. The monoisotopic (exact) mass is 267 g/mol. The molecule has 1 rings (SSSR count). The summed E-state index contributed by atoms with van der Waals surface area (Å²) >= 11 is 0. The van der Waals surface area contributed by atoms with E-state index in [1.54, 1.807) is 6.92 Å². The number of nitrogens with zero attached hydrogens (tertiary/aromatic N) is 2. The fourth-order valence-electron chi connectivity index (χ4n) is 1.06. The van der Waals surface area contributed by atoms with E-state index in [0.717, 1.165) is 0 Å². The van der Waals surface area contributed by atoms with Crippen molar-refractivity contribution in [2.45, 2.75) is 38.5 Å². The highest BCUT2D eigenvalue weighted by atomic mass is 19.4. The third-order valence-electron chi connectivity index (χ3n) is 2.41. The van der Waals surface area contributed by atoms with Gasteiger partial charge in [-0.05, 0) is 6.92 Å². The highest BCUT2D eigenvalue weighted by Gasteiger charge is 2.57. The third kappa shape index (κ3) is 2.78. The molecule has 0 spiro atoms. The number of rotatable bonds is 5. The first-order chi connectivity index (χ1) is 8.20.